The summed E-state index contributed by atoms with van der Waals surface area (Å²) in [5.41, 5.74) is 3.35. The fourth-order valence-electron chi connectivity index (χ4n) is 2.71. The molecule has 0 unspecified atom stereocenters. The van der Waals surface area contributed by atoms with Crippen molar-refractivity contribution in [1.29, 1.82) is 0 Å². The fraction of sp³-hybridized carbons (Fsp3) is 0.438. The van der Waals surface area contributed by atoms with Crippen LogP contribution >= 0.6 is 23.2 Å². The van der Waals surface area contributed by atoms with E-state index in [1.807, 2.05) is 12.3 Å². The molecule has 0 saturated heterocycles. The fourth-order valence-corrected chi connectivity index (χ4v) is 3.05. The van der Waals surface area contributed by atoms with Gasteiger partial charge in [-0.25, -0.2) is 15.0 Å². The Balaban J connectivity index is 1.73. The maximum Gasteiger partial charge on any atom is 0.133 e. The lowest BCUT2D eigenvalue weighted by molar-refractivity contribution is 0.242. The molecular formula is C16H18Cl2N4. The summed E-state index contributed by atoms with van der Waals surface area (Å²) in [4.78, 5) is 15.6. The van der Waals surface area contributed by atoms with Gasteiger partial charge in [0.25, 0.3) is 0 Å². The Morgan fingerprint density at radius 2 is 2.09 bits per heavy atom. The molecule has 3 heterocycles. The summed E-state index contributed by atoms with van der Waals surface area (Å²) in [6.07, 6.45) is 6.51. The Kier molecular flexibility index (Phi) is 4.91. The Morgan fingerprint density at radius 1 is 1.23 bits per heavy atom. The van der Waals surface area contributed by atoms with Gasteiger partial charge in [-0.05, 0) is 12.5 Å². The second-order valence-corrected chi connectivity index (χ2v) is 6.37. The van der Waals surface area contributed by atoms with Crippen LogP contribution in [0.4, 0.5) is 0 Å². The van der Waals surface area contributed by atoms with Gasteiger partial charge in [-0.2, -0.15) is 0 Å². The summed E-state index contributed by atoms with van der Waals surface area (Å²) in [5.74, 6) is 0.955. The van der Waals surface area contributed by atoms with Gasteiger partial charge in [-0.3, -0.25) is 4.90 Å². The van der Waals surface area contributed by atoms with E-state index in [1.54, 1.807) is 6.20 Å². The number of aryl methyl sites for hydroxylation is 1. The highest BCUT2D eigenvalue weighted by molar-refractivity contribution is 6.32. The van der Waals surface area contributed by atoms with Gasteiger partial charge in [-0.15, -0.1) is 0 Å². The monoisotopic (exact) mass is 336 g/mol. The first-order chi connectivity index (χ1) is 10.7. The maximum absolute atomic E-state index is 6.15. The number of halogens is 2. The van der Waals surface area contributed by atoms with Gasteiger partial charge in [0.05, 0.1) is 5.02 Å². The number of rotatable bonds is 4. The van der Waals surface area contributed by atoms with Crippen molar-refractivity contribution in [2.75, 3.05) is 6.54 Å². The average molecular weight is 337 g/mol. The van der Waals surface area contributed by atoms with E-state index in [2.05, 4.69) is 26.8 Å². The van der Waals surface area contributed by atoms with Crippen LogP contribution in [0.3, 0.4) is 0 Å². The second kappa shape index (κ2) is 6.90. The number of hydrogen-bond acceptors (Lipinski definition) is 4. The first-order valence-electron chi connectivity index (χ1n) is 7.51. The zero-order valence-electron chi connectivity index (χ0n) is 12.5. The summed E-state index contributed by atoms with van der Waals surface area (Å²) in [6.45, 7) is 4.68. The van der Waals surface area contributed by atoms with Crippen molar-refractivity contribution in [3.63, 3.8) is 0 Å². The van der Waals surface area contributed by atoms with Crippen LogP contribution in [-0.2, 0) is 25.9 Å². The van der Waals surface area contributed by atoms with Crippen molar-refractivity contribution < 1.29 is 0 Å². The molecule has 1 aliphatic heterocycles. The summed E-state index contributed by atoms with van der Waals surface area (Å²) in [6, 6.07) is 1.88. The minimum absolute atomic E-state index is 0.518. The van der Waals surface area contributed by atoms with Crippen molar-refractivity contribution >= 4 is 23.2 Å². The average Bonchev–Trinajstić information content (AvgIpc) is 2.51. The van der Waals surface area contributed by atoms with Crippen LogP contribution in [0.15, 0.2) is 18.5 Å². The van der Waals surface area contributed by atoms with Crippen LogP contribution in [0.2, 0.25) is 10.2 Å². The highest BCUT2D eigenvalue weighted by Crippen LogP contribution is 2.23. The van der Waals surface area contributed by atoms with Gasteiger partial charge in [0.15, 0.2) is 0 Å². The number of aromatic nitrogens is 3. The number of fused-ring (bicyclic) bond motifs is 1. The SMILES string of the molecule is CCCc1ncc2c(n1)CCN(Cc1cc(Cl)cnc1Cl)C2. The molecule has 0 radical (unpaired) electrons. The third-order valence-corrected chi connectivity index (χ3v) is 4.36. The Morgan fingerprint density at radius 3 is 2.91 bits per heavy atom. The van der Waals surface area contributed by atoms with E-state index in [-0.39, 0.29) is 0 Å². The first-order valence-corrected chi connectivity index (χ1v) is 8.27. The molecule has 1 aliphatic rings. The Bertz CT molecular complexity index is 675. The van der Waals surface area contributed by atoms with Gasteiger partial charge in [0, 0.05) is 61.7 Å². The standard InChI is InChI=1S/C16H18Cl2N4/c1-2-3-15-19-7-12-10-22(5-4-14(12)21-15)9-11-6-13(17)8-20-16(11)18/h6-8H,2-5,9-10H2,1H3. The predicted molar refractivity (Wildman–Crippen MR) is 88.1 cm³/mol. The lowest BCUT2D eigenvalue weighted by atomic mass is 10.1. The van der Waals surface area contributed by atoms with Crippen LogP contribution in [-0.4, -0.2) is 26.4 Å². The zero-order valence-corrected chi connectivity index (χ0v) is 14.0. The molecule has 0 aromatic carbocycles. The van der Waals surface area contributed by atoms with Crippen molar-refractivity contribution in [1.82, 2.24) is 19.9 Å². The third kappa shape index (κ3) is 3.57. The van der Waals surface area contributed by atoms with Crippen molar-refractivity contribution in [2.24, 2.45) is 0 Å². The van der Waals surface area contributed by atoms with Crippen molar-refractivity contribution in [2.45, 2.75) is 39.3 Å². The quantitative estimate of drug-likeness (QED) is 0.798. The highest BCUT2D eigenvalue weighted by atomic mass is 35.5. The molecule has 0 atom stereocenters. The molecule has 4 nitrogen and oxygen atoms in total. The van der Waals surface area contributed by atoms with Crippen molar-refractivity contribution in [3.05, 3.63) is 51.3 Å². The molecule has 2 aromatic heterocycles. The van der Waals surface area contributed by atoms with E-state index in [1.165, 1.54) is 11.3 Å². The van der Waals surface area contributed by atoms with E-state index in [9.17, 15) is 0 Å². The lowest BCUT2D eigenvalue weighted by Crippen LogP contribution is -2.31. The number of hydrogen-bond donors (Lipinski definition) is 0. The molecule has 6 heteroatoms. The molecule has 0 saturated carbocycles. The van der Waals surface area contributed by atoms with Gasteiger partial charge in [0.1, 0.15) is 11.0 Å². The second-order valence-electron chi connectivity index (χ2n) is 5.57. The van der Waals surface area contributed by atoms with E-state index in [4.69, 9.17) is 23.2 Å². The van der Waals surface area contributed by atoms with Crippen LogP contribution in [0.25, 0.3) is 0 Å². The molecule has 0 aliphatic carbocycles. The molecule has 2 aromatic rings. The van der Waals surface area contributed by atoms with Crippen LogP contribution in [0.5, 0.6) is 0 Å². The molecule has 22 heavy (non-hydrogen) atoms. The normalized spacial score (nSPS) is 14.9. The largest absolute Gasteiger partial charge is 0.294 e. The van der Waals surface area contributed by atoms with E-state index in [0.29, 0.717) is 10.2 Å². The Labute approximate surface area is 140 Å². The molecule has 0 amide bonds. The summed E-state index contributed by atoms with van der Waals surface area (Å²) >= 11 is 12.2. The lowest BCUT2D eigenvalue weighted by Gasteiger charge is -2.28. The van der Waals surface area contributed by atoms with Crippen LogP contribution in [0, 0.1) is 0 Å². The van der Waals surface area contributed by atoms with E-state index >= 15 is 0 Å². The van der Waals surface area contributed by atoms with E-state index < -0.39 is 0 Å². The zero-order chi connectivity index (χ0) is 15.5. The molecule has 3 rings (SSSR count). The topological polar surface area (TPSA) is 41.9 Å². The minimum Gasteiger partial charge on any atom is -0.294 e. The van der Waals surface area contributed by atoms with Gasteiger partial charge in [0.2, 0.25) is 0 Å². The number of pyridine rings is 1. The summed E-state index contributed by atoms with van der Waals surface area (Å²) in [5, 5.41) is 1.13. The smallest absolute Gasteiger partial charge is 0.133 e. The molecule has 116 valence electrons. The molecular weight excluding hydrogens is 319 g/mol. The van der Waals surface area contributed by atoms with E-state index in [0.717, 1.165) is 50.3 Å². The van der Waals surface area contributed by atoms with Crippen LogP contribution in [0.1, 0.15) is 36.0 Å². The highest BCUT2D eigenvalue weighted by Gasteiger charge is 2.19. The maximum atomic E-state index is 6.15. The van der Waals surface area contributed by atoms with Crippen LogP contribution < -0.4 is 0 Å². The summed E-state index contributed by atoms with van der Waals surface area (Å²) in [7, 11) is 0. The first kappa shape index (κ1) is 15.7. The molecule has 0 bridgehead atoms. The molecule has 0 N–H and O–H groups in total. The third-order valence-electron chi connectivity index (χ3n) is 3.81. The van der Waals surface area contributed by atoms with Gasteiger partial charge < -0.3 is 0 Å². The van der Waals surface area contributed by atoms with Crippen molar-refractivity contribution in [3.8, 4) is 0 Å². The minimum atomic E-state index is 0.518. The molecule has 0 fully saturated rings. The summed E-state index contributed by atoms with van der Waals surface area (Å²) < 4.78 is 0. The van der Waals surface area contributed by atoms with Gasteiger partial charge >= 0.3 is 0 Å². The predicted octanol–water partition coefficient (Wildman–Crippen LogP) is 3.69. The molecule has 0 spiro atoms. The Hall–Kier alpha value is -1.23. The van der Waals surface area contributed by atoms with Gasteiger partial charge in [-0.1, -0.05) is 30.1 Å². The number of nitrogens with zero attached hydrogens (tertiary/aromatic N) is 4.